The summed E-state index contributed by atoms with van der Waals surface area (Å²) in [6.45, 7) is 0.361. The van der Waals surface area contributed by atoms with Crippen molar-refractivity contribution in [1.29, 1.82) is 0 Å². The van der Waals surface area contributed by atoms with Crippen LogP contribution in [-0.2, 0) is 13.5 Å². The number of aryl methyl sites for hydroxylation is 1. The highest BCUT2D eigenvalue weighted by molar-refractivity contribution is 5.64. The monoisotopic (exact) mass is 248 g/mol. The molecule has 0 unspecified atom stereocenters. The number of nitrogens with zero attached hydrogens (tertiary/aromatic N) is 5. The number of carboxylic acid groups (broad SMARTS) is 1. The molecule has 2 aromatic rings. The van der Waals surface area contributed by atoms with Crippen molar-refractivity contribution < 1.29 is 9.90 Å². The van der Waals surface area contributed by atoms with Gasteiger partial charge in [0.1, 0.15) is 5.69 Å². The fourth-order valence-corrected chi connectivity index (χ4v) is 1.41. The maximum atomic E-state index is 10.3. The minimum atomic E-state index is -1.02. The van der Waals surface area contributed by atoms with Gasteiger partial charge in [-0.3, -0.25) is 4.98 Å². The summed E-state index contributed by atoms with van der Waals surface area (Å²) in [6.07, 6.45) is 1.24. The molecule has 8 heteroatoms. The molecule has 0 saturated carbocycles. The van der Waals surface area contributed by atoms with Gasteiger partial charge in [0.2, 0.25) is 5.82 Å². The Hall–Kier alpha value is -2.51. The van der Waals surface area contributed by atoms with Gasteiger partial charge in [-0.25, -0.2) is 4.79 Å². The van der Waals surface area contributed by atoms with Crippen LogP contribution >= 0.6 is 0 Å². The van der Waals surface area contributed by atoms with Gasteiger partial charge in [0.05, 0.1) is 7.05 Å². The zero-order valence-corrected chi connectivity index (χ0v) is 9.74. The van der Waals surface area contributed by atoms with Crippen LogP contribution in [-0.4, -0.2) is 42.9 Å². The summed E-state index contributed by atoms with van der Waals surface area (Å²) in [5.74, 6) is 0.465. The second-order valence-corrected chi connectivity index (χ2v) is 3.64. The highest BCUT2D eigenvalue weighted by atomic mass is 16.4. The van der Waals surface area contributed by atoms with Gasteiger partial charge in [0.15, 0.2) is 0 Å². The third kappa shape index (κ3) is 3.00. The molecule has 0 bridgehead atoms. The van der Waals surface area contributed by atoms with Gasteiger partial charge >= 0.3 is 6.09 Å². The van der Waals surface area contributed by atoms with Crippen molar-refractivity contribution in [2.75, 3.05) is 6.54 Å². The lowest BCUT2D eigenvalue weighted by molar-refractivity contribution is 0.194. The fraction of sp³-hybridized carbons (Fsp3) is 0.300. The standard InChI is InChI=1S/C10H12N6O2/c1-16-14-9(13-15-16)8-3-2-7(6-12-8)4-5-11-10(17)18/h2-3,6,11H,4-5H2,1H3,(H,17,18). The summed E-state index contributed by atoms with van der Waals surface area (Å²) < 4.78 is 0. The van der Waals surface area contributed by atoms with Crippen molar-refractivity contribution in [1.82, 2.24) is 30.5 Å². The first kappa shape index (κ1) is 12.0. The zero-order valence-electron chi connectivity index (χ0n) is 9.74. The van der Waals surface area contributed by atoms with E-state index in [0.717, 1.165) is 5.56 Å². The molecule has 18 heavy (non-hydrogen) atoms. The Bertz CT molecular complexity index is 536. The van der Waals surface area contributed by atoms with Crippen molar-refractivity contribution in [3.8, 4) is 11.5 Å². The Balaban J connectivity index is 1.99. The van der Waals surface area contributed by atoms with E-state index >= 15 is 0 Å². The lowest BCUT2D eigenvalue weighted by atomic mass is 10.2. The van der Waals surface area contributed by atoms with Gasteiger partial charge < -0.3 is 10.4 Å². The van der Waals surface area contributed by atoms with E-state index in [2.05, 4.69) is 25.7 Å². The Morgan fingerprint density at radius 1 is 1.50 bits per heavy atom. The molecule has 2 aromatic heterocycles. The lowest BCUT2D eigenvalue weighted by Crippen LogP contribution is -2.23. The normalized spacial score (nSPS) is 10.3. The van der Waals surface area contributed by atoms with Gasteiger partial charge in [-0.2, -0.15) is 4.80 Å². The Labute approximate surface area is 103 Å². The summed E-state index contributed by atoms with van der Waals surface area (Å²) in [4.78, 5) is 15.8. The van der Waals surface area contributed by atoms with Gasteiger partial charge in [-0.1, -0.05) is 6.07 Å². The molecule has 94 valence electrons. The lowest BCUT2D eigenvalue weighted by Gasteiger charge is -2.01. The summed E-state index contributed by atoms with van der Waals surface area (Å²) in [5, 5.41) is 22.3. The zero-order chi connectivity index (χ0) is 13.0. The maximum Gasteiger partial charge on any atom is 0.404 e. The molecule has 0 radical (unpaired) electrons. The molecular formula is C10H12N6O2. The van der Waals surface area contributed by atoms with Crippen molar-refractivity contribution in [2.24, 2.45) is 7.05 Å². The van der Waals surface area contributed by atoms with E-state index in [-0.39, 0.29) is 0 Å². The molecule has 0 saturated heterocycles. The van der Waals surface area contributed by atoms with Gasteiger partial charge in [-0.15, -0.1) is 10.2 Å². The Kier molecular flexibility index (Phi) is 3.46. The molecule has 0 aliphatic heterocycles. The fourth-order valence-electron chi connectivity index (χ4n) is 1.41. The molecule has 2 heterocycles. The van der Waals surface area contributed by atoms with Crippen molar-refractivity contribution >= 4 is 6.09 Å². The maximum absolute atomic E-state index is 10.3. The molecule has 1 amide bonds. The van der Waals surface area contributed by atoms with E-state index < -0.39 is 6.09 Å². The van der Waals surface area contributed by atoms with Crippen LogP contribution in [0, 0.1) is 0 Å². The number of carbonyl (C=O) groups is 1. The minimum Gasteiger partial charge on any atom is -0.465 e. The van der Waals surface area contributed by atoms with Crippen LogP contribution in [0.4, 0.5) is 4.79 Å². The molecule has 8 nitrogen and oxygen atoms in total. The topological polar surface area (TPSA) is 106 Å². The summed E-state index contributed by atoms with van der Waals surface area (Å²) in [6, 6.07) is 3.65. The highest BCUT2D eigenvalue weighted by Gasteiger charge is 2.05. The number of aromatic nitrogens is 5. The average molecular weight is 248 g/mol. The third-order valence-corrected chi connectivity index (χ3v) is 2.25. The molecule has 2 rings (SSSR count). The smallest absolute Gasteiger partial charge is 0.404 e. The predicted molar refractivity (Wildman–Crippen MR) is 61.8 cm³/mol. The van der Waals surface area contributed by atoms with Crippen LogP contribution in [0.5, 0.6) is 0 Å². The number of hydrogen-bond donors (Lipinski definition) is 2. The van der Waals surface area contributed by atoms with E-state index in [1.165, 1.54) is 4.80 Å². The minimum absolute atomic E-state index is 0.361. The first-order chi connectivity index (χ1) is 8.65. The highest BCUT2D eigenvalue weighted by Crippen LogP contribution is 2.10. The van der Waals surface area contributed by atoms with Gasteiger partial charge in [0.25, 0.3) is 0 Å². The van der Waals surface area contributed by atoms with Crippen molar-refractivity contribution in [2.45, 2.75) is 6.42 Å². The molecule has 0 aliphatic carbocycles. The Morgan fingerprint density at radius 2 is 2.33 bits per heavy atom. The van der Waals surface area contributed by atoms with Crippen LogP contribution in [0.25, 0.3) is 11.5 Å². The quantitative estimate of drug-likeness (QED) is 0.793. The van der Waals surface area contributed by atoms with Crippen molar-refractivity contribution in [3.63, 3.8) is 0 Å². The SMILES string of the molecule is Cn1nnc(-c2ccc(CCNC(=O)O)cn2)n1. The van der Waals surface area contributed by atoms with Gasteiger partial charge in [-0.05, 0) is 23.3 Å². The molecule has 0 spiro atoms. The molecule has 0 aliphatic rings. The first-order valence-electron chi connectivity index (χ1n) is 5.31. The number of nitrogens with one attached hydrogen (secondary N) is 1. The van der Waals surface area contributed by atoms with Crippen LogP contribution in [0.3, 0.4) is 0 Å². The summed E-state index contributed by atoms with van der Waals surface area (Å²) in [5.41, 5.74) is 1.58. The van der Waals surface area contributed by atoms with Crippen LogP contribution in [0.2, 0.25) is 0 Å². The first-order valence-corrected chi connectivity index (χ1v) is 5.31. The number of hydrogen-bond acceptors (Lipinski definition) is 5. The largest absolute Gasteiger partial charge is 0.465 e. The van der Waals surface area contributed by atoms with E-state index in [4.69, 9.17) is 5.11 Å². The molecule has 0 atom stereocenters. The van der Waals surface area contributed by atoms with E-state index in [0.29, 0.717) is 24.5 Å². The van der Waals surface area contributed by atoms with Crippen LogP contribution in [0.15, 0.2) is 18.3 Å². The molecular weight excluding hydrogens is 236 g/mol. The van der Waals surface area contributed by atoms with Crippen LogP contribution in [0.1, 0.15) is 5.56 Å². The van der Waals surface area contributed by atoms with Gasteiger partial charge in [0, 0.05) is 12.7 Å². The average Bonchev–Trinajstić information content (AvgIpc) is 2.76. The molecule has 2 N–H and O–H groups in total. The number of tetrazole rings is 1. The number of rotatable bonds is 4. The second-order valence-electron chi connectivity index (χ2n) is 3.64. The number of pyridine rings is 1. The second kappa shape index (κ2) is 5.21. The Morgan fingerprint density at radius 3 is 2.89 bits per heavy atom. The predicted octanol–water partition coefficient (Wildman–Crippen LogP) is 0.0822. The third-order valence-electron chi connectivity index (χ3n) is 2.25. The van der Waals surface area contributed by atoms with Crippen LogP contribution < -0.4 is 5.32 Å². The molecule has 0 aromatic carbocycles. The molecule has 0 fully saturated rings. The van der Waals surface area contributed by atoms with E-state index in [9.17, 15) is 4.79 Å². The summed E-state index contributed by atoms with van der Waals surface area (Å²) in [7, 11) is 1.68. The van der Waals surface area contributed by atoms with E-state index in [1.807, 2.05) is 6.07 Å². The summed E-state index contributed by atoms with van der Waals surface area (Å²) >= 11 is 0. The van der Waals surface area contributed by atoms with E-state index in [1.54, 1.807) is 19.3 Å². The number of amides is 1. The van der Waals surface area contributed by atoms with Crippen molar-refractivity contribution in [3.05, 3.63) is 23.9 Å².